The molecule has 0 saturated heterocycles. The zero-order valence-corrected chi connectivity index (χ0v) is 22.5. The lowest BCUT2D eigenvalue weighted by Gasteiger charge is -2.22. The van der Waals surface area contributed by atoms with Crippen molar-refractivity contribution in [1.82, 2.24) is 0 Å². The van der Waals surface area contributed by atoms with Crippen molar-refractivity contribution in [2.24, 2.45) is 0 Å². The molecule has 2 heteroatoms. The number of hydrogen-bond acceptors (Lipinski definition) is 2. The Hall–Kier alpha value is -2.87. The number of benzene rings is 3. The molecule has 0 aliphatic rings. The van der Waals surface area contributed by atoms with E-state index in [0.29, 0.717) is 0 Å². The zero-order valence-electron chi connectivity index (χ0n) is 22.5. The van der Waals surface area contributed by atoms with Crippen molar-refractivity contribution in [3.63, 3.8) is 0 Å². The normalized spacial score (nSPS) is 11.6. The van der Waals surface area contributed by atoms with Crippen molar-refractivity contribution in [2.45, 2.75) is 83.1 Å². The maximum absolute atomic E-state index is 13.2. The van der Waals surface area contributed by atoms with Crippen LogP contribution < -0.4 is 4.74 Å². The maximum atomic E-state index is 13.2. The van der Waals surface area contributed by atoms with Crippen molar-refractivity contribution < 1.29 is 9.53 Å². The van der Waals surface area contributed by atoms with Crippen molar-refractivity contribution >= 4 is 16.6 Å². The Morgan fingerprint density at radius 2 is 0.848 bits per heavy atom. The minimum Gasteiger partial charge on any atom is -0.464 e. The summed E-state index contributed by atoms with van der Waals surface area (Å²) in [5.74, 6) is 0.835. The van der Waals surface area contributed by atoms with Crippen LogP contribution in [0.2, 0.25) is 0 Å². The van der Waals surface area contributed by atoms with Gasteiger partial charge in [0.1, 0.15) is 5.75 Å². The quantitative estimate of drug-likeness (QED) is 0.231. The van der Waals surface area contributed by atoms with Gasteiger partial charge in [-0.05, 0) is 155 Å². The van der Waals surface area contributed by atoms with Crippen LogP contribution in [0.5, 0.6) is 5.75 Å². The number of rotatable bonds is 4. The molecule has 0 atom stereocenters. The van der Waals surface area contributed by atoms with Gasteiger partial charge in [0.15, 0.2) is 5.78 Å². The summed E-state index contributed by atoms with van der Waals surface area (Å²) >= 11 is 0. The summed E-state index contributed by atoms with van der Waals surface area (Å²) in [6.45, 7) is 25.6. The Bertz CT molecular complexity index is 1320. The summed E-state index contributed by atoms with van der Waals surface area (Å²) in [6, 6.07) is 0. The SMILES string of the molecule is Cc1c(C)c(C)c(C(=O)/C=C/Oc2c(C)c(C)c3c(C)c(C)c(C)c(C)c3c2C)c(C)c1C. The Labute approximate surface area is 199 Å². The summed E-state index contributed by atoms with van der Waals surface area (Å²) in [7, 11) is 0. The van der Waals surface area contributed by atoms with Crippen LogP contribution in [0, 0.1) is 83.1 Å². The second-order valence-electron chi connectivity index (χ2n) is 9.74. The minimum absolute atomic E-state index is 0.0116. The van der Waals surface area contributed by atoms with Crippen molar-refractivity contribution in [1.29, 1.82) is 0 Å². The van der Waals surface area contributed by atoms with Crippen LogP contribution in [0.1, 0.15) is 77.1 Å². The molecule has 2 nitrogen and oxygen atoms in total. The van der Waals surface area contributed by atoms with Gasteiger partial charge in [-0.25, -0.2) is 0 Å². The highest BCUT2D eigenvalue weighted by molar-refractivity contribution is 6.07. The largest absolute Gasteiger partial charge is 0.464 e. The molecule has 3 aromatic carbocycles. The fourth-order valence-electron chi connectivity index (χ4n) is 5.30. The predicted octanol–water partition coefficient (Wildman–Crippen LogP) is 8.32. The van der Waals surface area contributed by atoms with E-state index >= 15 is 0 Å². The Kier molecular flexibility index (Phi) is 6.62. The van der Waals surface area contributed by atoms with E-state index in [1.165, 1.54) is 55.3 Å². The highest BCUT2D eigenvalue weighted by atomic mass is 16.5. The molecular weight excluding hydrogens is 404 g/mol. The van der Waals surface area contributed by atoms with Crippen molar-refractivity contribution in [2.75, 3.05) is 0 Å². The summed E-state index contributed by atoms with van der Waals surface area (Å²) in [5.41, 5.74) is 15.3. The van der Waals surface area contributed by atoms with Gasteiger partial charge in [-0.2, -0.15) is 0 Å². The van der Waals surface area contributed by atoms with Crippen LogP contribution in [0.4, 0.5) is 0 Å². The first kappa shape index (κ1) is 24.8. The maximum Gasteiger partial charge on any atom is 0.189 e. The number of carbonyl (C=O) groups excluding carboxylic acids is 1. The molecule has 0 aromatic heterocycles. The Morgan fingerprint density at radius 1 is 0.485 bits per heavy atom. The molecule has 0 fully saturated rings. The molecule has 0 saturated carbocycles. The molecule has 0 N–H and O–H groups in total. The van der Waals surface area contributed by atoms with E-state index in [9.17, 15) is 4.79 Å². The highest BCUT2D eigenvalue weighted by Gasteiger charge is 2.20. The van der Waals surface area contributed by atoms with Gasteiger partial charge < -0.3 is 4.74 Å². The van der Waals surface area contributed by atoms with Crippen LogP contribution in [0.3, 0.4) is 0 Å². The monoisotopic (exact) mass is 442 g/mol. The second kappa shape index (κ2) is 8.82. The molecule has 0 amide bonds. The van der Waals surface area contributed by atoms with Crippen LogP contribution in [-0.2, 0) is 0 Å². The predicted molar refractivity (Wildman–Crippen MR) is 141 cm³/mol. The number of hydrogen-bond donors (Lipinski definition) is 0. The number of aryl methyl sites for hydroxylation is 4. The topological polar surface area (TPSA) is 26.3 Å². The van der Waals surface area contributed by atoms with Gasteiger partial charge in [0.05, 0.1) is 6.26 Å². The molecule has 0 bridgehead atoms. The molecule has 33 heavy (non-hydrogen) atoms. The molecule has 3 rings (SSSR count). The van der Waals surface area contributed by atoms with E-state index in [2.05, 4.69) is 69.2 Å². The van der Waals surface area contributed by atoms with E-state index in [0.717, 1.165) is 33.6 Å². The fourth-order valence-corrected chi connectivity index (χ4v) is 5.30. The third kappa shape index (κ3) is 3.80. The minimum atomic E-state index is -0.0116. The summed E-state index contributed by atoms with van der Waals surface area (Å²) in [5, 5.41) is 2.60. The van der Waals surface area contributed by atoms with Crippen LogP contribution in [0.15, 0.2) is 12.3 Å². The number of fused-ring (bicyclic) bond motifs is 1. The van der Waals surface area contributed by atoms with Crippen LogP contribution in [0.25, 0.3) is 10.8 Å². The molecule has 0 unspecified atom stereocenters. The van der Waals surface area contributed by atoms with Gasteiger partial charge in [-0.3, -0.25) is 4.79 Å². The van der Waals surface area contributed by atoms with Gasteiger partial charge in [0.2, 0.25) is 0 Å². The molecule has 0 aliphatic heterocycles. The molecule has 3 aromatic rings. The summed E-state index contributed by atoms with van der Waals surface area (Å²) in [4.78, 5) is 13.2. The number of carbonyl (C=O) groups is 1. The smallest absolute Gasteiger partial charge is 0.189 e. The standard InChI is InChI=1S/C31H38O2/c1-15-16(2)20(6)28(21(7)17(15)3)27(32)13-14-33-31-25(11)24(10)29-22(8)18(4)19(5)23(9)30(29)26(31)12/h13-14H,1-12H3/b14-13+. The summed E-state index contributed by atoms with van der Waals surface area (Å²) in [6.07, 6.45) is 3.13. The number of allylic oxidation sites excluding steroid dienone is 1. The van der Waals surface area contributed by atoms with Crippen molar-refractivity contribution in [3.8, 4) is 5.75 Å². The first-order valence-corrected chi connectivity index (χ1v) is 11.8. The van der Waals surface area contributed by atoms with Gasteiger partial charge >= 0.3 is 0 Å². The second-order valence-corrected chi connectivity index (χ2v) is 9.74. The lowest BCUT2D eigenvalue weighted by atomic mass is 9.85. The lowest BCUT2D eigenvalue weighted by molar-refractivity contribution is 0.104. The van der Waals surface area contributed by atoms with Crippen molar-refractivity contribution in [3.05, 3.63) is 84.7 Å². The fraction of sp³-hybridized carbons (Fsp3) is 0.387. The van der Waals surface area contributed by atoms with Gasteiger partial charge in [0, 0.05) is 17.2 Å². The molecule has 0 spiro atoms. The number of ether oxygens (including phenoxy) is 1. The van der Waals surface area contributed by atoms with Crippen LogP contribution in [-0.4, -0.2) is 5.78 Å². The van der Waals surface area contributed by atoms with E-state index in [-0.39, 0.29) is 5.78 Å². The highest BCUT2D eigenvalue weighted by Crippen LogP contribution is 2.40. The van der Waals surface area contributed by atoms with E-state index in [1.54, 1.807) is 12.3 Å². The zero-order chi connectivity index (χ0) is 24.9. The average Bonchev–Trinajstić information content (AvgIpc) is 2.78. The molecule has 0 radical (unpaired) electrons. The third-order valence-corrected chi connectivity index (χ3v) is 8.33. The average molecular weight is 443 g/mol. The van der Waals surface area contributed by atoms with E-state index in [1.807, 2.05) is 13.8 Å². The first-order chi connectivity index (χ1) is 15.3. The first-order valence-electron chi connectivity index (χ1n) is 11.8. The molecule has 174 valence electrons. The lowest BCUT2D eigenvalue weighted by Crippen LogP contribution is -2.08. The van der Waals surface area contributed by atoms with E-state index < -0.39 is 0 Å². The third-order valence-electron chi connectivity index (χ3n) is 8.33. The summed E-state index contributed by atoms with van der Waals surface area (Å²) < 4.78 is 6.18. The molecular formula is C31H38O2. The molecule has 0 heterocycles. The van der Waals surface area contributed by atoms with Gasteiger partial charge in [0.25, 0.3) is 0 Å². The molecule has 0 aliphatic carbocycles. The Balaban J connectivity index is 2.08. The Morgan fingerprint density at radius 3 is 1.33 bits per heavy atom. The van der Waals surface area contributed by atoms with Crippen LogP contribution >= 0.6 is 0 Å². The number of ketones is 1. The van der Waals surface area contributed by atoms with Gasteiger partial charge in [-0.1, -0.05) is 0 Å². The van der Waals surface area contributed by atoms with E-state index in [4.69, 9.17) is 4.74 Å². The van der Waals surface area contributed by atoms with Gasteiger partial charge in [-0.15, -0.1) is 0 Å².